The minimum absolute atomic E-state index is 0. The molecule has 10 nitrogen and oxygen atoms in total. The van der Waals surface area contributed by atoms with Gasteiger partial charge in [0.2, 0.25) is 12.4 Å². The predicted octanol–water partition coefficient (Wildman–Crippen LogP) is -1.41. The highest BCUT2D eigenvalue weighted by molar-refractivity contribution is 5.70. The number of rotatable bonds is 5. The summed E-state index contributed by atoms with van der Waals surface area (Å²) >= 11 is 0. The Balaban J connectivity index is 0.00000180. The van der Waals surface area contributed by atoms with E-state index in [0.717, 1.165) is 0 Å². The van der Waals surface area contributed by atoms with E-state index in [2.05, 4.69) is 15.3 Å². The molecule has 0 fully saturated rings. The summed E-state index contributed by atoms with van der Waals surface area (Å²) in [4.78, 5) is 19.2. The molecule has 0 radical (unpaired) electrons. The number of aromatic amines is 1. The van der Waals surface area contributed by atoms with Crippen LogP contribution in [0.2, 0.25) is 0 Å². The van der Waals surface area contributed by atoms with Gasteiger partial charge in [0.25, 0.3) is 5.56 Å². The molecule has 1 aromatic heterocycles. The lowest BCUT2D eigenvalue weighted by atomic mass is 10.4. The third-order valence-corrected chi connectivity index (χ3v) is 2.45. The molecule has 0 saturated heterocycles. The fourth-order valence-corrected chi connectivity index (χ4v) is 1.61. The van der Waals surface area contributed by atoms with E-state index in [-0.39, 0.29) is 43.5 Å². The van der Waals surface area contributed by atoms with Crippen molar-refractivity contribution < 1.29 is 14.9 Å². The van der Waals surface area contributed by atoms with Gasteiger partial charge < -0.3 is 32.2 Å². The van der Waals surface area contributed by atoms with Crippen LogP contribution in [0.5, 0.6) is 0 Å². The zero-order valence-corrected chi connectivity index (χ0v) is 10.6. The average Bonchev–Trinajstić information content (AvgIpc) is 2.73. The van der Waals surface area contributed by atoms with Crippen molar-refractivity contribution in [2.75, 3.05) is 35.8 Å². The largest absolute Gasteiger partial charge is 0.396 e. The van der Waals surface area contributed by atoms with Gasteiger partial charge in [0.1, 0.15) is 5.69 Å². The number of aliphatic hydroxyl groups excluding tert-OH is 2. The number of hydrogen-bond donors (Lipinski definition) is 6. The maximum atomic E-state index is 11.5. The van der Waals surface area contributed by atoms with E-state index >= 15 is 0 Å². The highest BCUT2D eigenvalue weighted by Gasteiger charge is 2.29. The van der Waals surface area contributed by atoms with Gasteiger partial charge in [-0.3, -0.25) is 14.7 Å². The monoisotopic (exact) mass is 275 g/mol. The number of hydrogen-bond acceptors (Lipinski definition) is 8. The SMILES string of the molecule is Nc1nc2c(c(=O)[nH]1)NCN2C(O)OCCCO.[NH4+]. The summed E-state index contributed by atoms with van der Waals surface area (Å²) in [5.74, 6) is 0.211. The second-order valence-corrected chi connectivity index (χ2v) is 3.73. The van der Waals surface area contributed by atoms with E-state index in [0.29, 0.717) is 6.42 Å². The van der Waals surface area contributed by atoms with Gasteiger partial charge in [-0.2, -0.15) is 4.98 Å². The Bertz CT molecular complexity index is 478. The number of aliphatic hydroxyl groups is 2. The molecule has 1 aliphatic heterocycles. The lowest BCUT2D eigenvalue weighted by Gasteiger charge is -2.23. The van der Waals surface area contributed by atoms with Crippen LogP contribution in [0.4, 0.5) is 17.5 Å². The van der Waals surface area contributed by atoms with E-state index < -0.39 is 12.0 Å². The first-order valence-electron chi connectivity index (χ1n) is 5.44. The molecule has 1 aromatic rings. The number of aromatic nitrogens is 2. The molecule has 0 amide bonds. The number of nitrogens with one attached hydrogen (secondary N) is 2. The van der Waals surface area contributed by atoms with Crippen molar-refractivity contribution in [3.63, 3.8) is 0 Å². The number of nitrogens with zero attached hydrogens (tertiary/aromatic N) is 2. The standard InChI is InChI=1S/C9H15N5O4.H3N/c10-8-12-6-5(7(16)13-8)11-4-14(6)9(17)18-3-1-2-15;/h9,11,15,17H,1-4H2,(H3,10,12,13,16);1H3/p+1. The van der Waals surface area contributed by atoms with Gasteiger partial charge in [-0.05, 0) is 6.42 Å². The molecule has 10 heteroatoms. The fraction of sp³-hybridized carbons (Fsp3) is 0.556. The summed E-state index contributed by atoms with van der Waals surface area (Å²) in [6.07, 6.45) is -0.838. The Hall–Kier alpha value is -1.88. The van der Waals surface area contributed by atoms with E-state index in [9.17, 15) is 9.90 Å². The van der Waals surface area contributed by atoms with Crippen molar-refractivity contribution in [2.45, 2.75) is 12.8 Å². The molecular weight excluding hydrogens is 256 g/mol. The van der Waals surface area contributed by atoms with Crippen molar-refractivity contribution in [1.82, 2.24) is 16.1 Å². The van der Waals surface area contributed by atoms with Gasteiger partial charge >= 0.3 is 0 Å². The van der Waals surface area contributed by atoms with Crippen molar-refractivity contribution >= 4 is 17.5 Å². The smallest absolute Gasteiger partial charge is 0.277 e. The Labute approximate surface area is 108 Å². The summed E-state index contributed by atoms with van der Waals surface area (Å²) in [6.45, 7) is 0.365. The molecule has 108 valence electrons. The molecule has 0 aromatic carbocycles. The van der Waals surface area contributed by atoms with E-state index in [1.165, 1.54) is 4.90 Å². The van der Waals surface area contributed by atoms with Crippen molar-refractivity contribution in [1.29, 1.82) is 0 Å². The number of nitrogen functional groups attached to an aromatic ring is 1. The molecule has 1 atom stereocenters. The lowest BCUT2D eigenvalue weighted by molar-refractivity contribution is -0.100. The average molecular weight is 275 g/mol. The summed E-state index contributed by atoms with van der Waals surface area (Å²) in [7, 11) is 0. The van der Waals surface area contributed by atoms with Crippen LogP contribution in [-0.2, 0) is 4.74 Å². The van der Waals surface area contributed by atoms with Crippen LogP contribution in [0.25, 0.3) is 0 Å². The predicted molar refractivity (Wildman–Crippen MR) is 69.9 cm³/mol. The maximum Gasteiger partial charge on any atom is 0.277 e. The van der Waals surface area contributed by atoms with Gasteiger partial charge in [0.15, 0.2) is 5.82 Å². The first-order valence-corrected chi connectivity index (χ1v) is 5.44. The van der Waals surface area contributed by atoms with Crippen LogP contribution >= 0.6 is 0 Å². The molecule has 1 unspecified atom stereocenters. The number of fused-ring (bicyclic) bond motifs is 1. The fourth-order valence-electron chi connectivity index (χ4n) is 1.61. The molecular formula is C9H19N6O4+. The minimum atomic E-state index is -1.25. The van der Waals surface area contributed by atoms with Crippen LogP contribution < -0.4 is 27.7 Å². The molecule has 0 bridgehead atoms. The van der Waals surface area contributed by atoms with Gasteiger partial charge in [-0.15, -0.1) is 0 Å². The van der Waals surface area contributed by atoms with E-state index in [1.54, 1.807) is 0 Å². The number of nitrogens with two attached hydrogens (primary N) is 1. The lowest BCUT2D eigenvalue weighted by Crippen LogP contribution is -2.37. The number of quaternary nitrogens is 1. The Morgan fingerprint density at radius 2 is 2.32 bits per heavy atom. The molecule has 1 aliphatic rings. The summed E-state index contributed by atoms with van der Waals surface area (Å²) < 4.78 is 5.09. The molecule has 19 heavy (non-hydrogen) atoms. The van der Waals surface area contributed by atoms with Crippen LogP contribution in [0.1, 0.15) is 6.42 Å². The summed E-state index contributed by atoms with van der Waals surface area (Å²) in [5.41, 5.74) is 5.28. The molecule has 0 saturated carbocycles. The van der Waals surface area contributed by atoms with Crippen molar-refractivity contribution in [3.05, 3.63) is 10.4 Å². The molecule has 0 spiro atoms. The summed E-state index contributed by atoms with van der Waals surface area (Å²) in [5, 5.41) is 21.2. The van der Waals surface area contributed by atoms with Gasteiger partial charge in [0, 0.05) is 6.61 Å². The molecule has 2 heterocycles. The summed E-state index contributed by atoms with van der Waals surface area (Å²) in [6, 6.07) is 0. The molecule has 0 aliphatic carbocycles. The van der Waals surface area contributed by atoms with Crippen molar-refractivity contribution in [2.24, 2.45) is 0 Å². The Morgan fingerprint density at radius 3 is 3.00 bits per heavy atom. The van der Waals surface area contributed by atoms with Crippen LogP contribution in [0.3, 0.4) is 0 Å². The first kappa shape index (κ1) is 15.2. The molecule has 2 rings (SSSR count). The Kier molecular flexibility index (Phi) is 5.06. The number of H-pyrrole nitrogens is 1. The second kappa shape index (κ2) is 6.33. The second-order valence-electron chi connectivity index (χ2n) is 3.73. The van der Waals surface area contributed by atoms with E-state index in [4.69, 9.17) is 15.6 Å². The number of ether oxygens (including phenoxy) is 1. The van der Waals surface area contributed by atoms with Crippen LogP contribution in [0.15, 0.2) is 4.79 Å². The normalized spacial score (nSPS) is 14.5. The topological polar surface area (TPSA) is 173 Å². The maximum absolute atomic E-state index is 11.5. The Morgan fingerprint density at radius 1 is 1.58 bits per heavy atom. The third kappa shape index (κ3) is 3.12. The quantitative estimate of drug-likeness (QED) is 0.281. The van der Waals surface area contributed by atoms with Crippen molar-refractivity contribution in [3.8, 4) is 0 Å². The third-order valence-electron chi connectivity index (χ3n) is 2.45. The van der Waals surface area contributed by atoms with Gasteiger partial charge in [-0.25, -0.2) is 0 Å². The van der Waals surface area contributed by atoms with Gasteiger partial charge in [-0.1, -0.05) is 0 Å². The highest BCUT2D eigenvalue weighted by atomic mass is 16.6. The van der Waals surface area contributed by atoms with E-state index in [1.807, 2.05) is 0 Å². The van der Waals surface area contributed by atoms with Crippen LogP contribution in [0, 0.1) is 0 Å². The minimum Gasteiger partial charge on any atom is -0.396 e. The zero-order valence-electron chi connectivity index (χ0n) is 10.6. The first-order chi connectivity index (χ1) is 8.63. The highest BCUT2D eigenvalue weighted by Crippen LogP contribution is 2.26. The molecule has 10 N–H and O–H groups in total. The number of anilines is 3. The van der Waals surface area contributed by atoms with Crippen LogP contribution in [-0.4, -0.2) is 46.5 Å². The van der Waals surface area contributed by atoms with Gasteiger partial charge in [0.05, 0.1) is 13.3 Å². The zero-order chi connectivity index (χ0) is 13.1.